The van der Waals surface area contributed by atoms with Gasteiger partial charge in [-0.05, 0) is 55.8 Å². The van der Waals surface area contributed by atoms with Crippen LogP contribution >= 0.6 is 11.5 Å². The summed E-state index contributed by atoms with van der Waals surface area (Å²) in [6.07, 6.45) is 10.8. The molecule has 2 aromatic rings. The number of unbranched alkanes of at least 4 members (excludes halogenated alkanes) is 1. The number of hydrogen-bond donors (Lipinski definition) is 3. The predicted octanol–water partition coefficient (Wildman–Crippen LogP) is 5.19. The molecule has 38 heavy (non-hydrogen) atoms. The van der Waals surface area contributed by atoms with Crippen LogP contribution in [0.1, 0.15) is 104 Å². The van der Waals surface area contributed by atoms with Gasteiger partial charge in [0.15, 0.2) is 5.69 Å². The van der Waals surface area contributed by atoms with Gasteiger partial charge in [-0.1, -0.05) is 64.0 Å². The Hall–Kier alpha value is -3.01. The van der Waals surface area contributed by atoms with Crippen molar-refractivity contribution in [3.63, 3.8) is 0 Å². The minimum Gasteiger partial charge on any atom is -0.395 e. The second-order valence-electron chi connectivity index (χ2n) is 10.4. The summed E-state index contributed by atoms with van der Waals surface area (Å²) in [4.78, 5) is 41.8. The molecule has 10 heteroatoms. The average molecular weight is 544 g/mol. The van der Waals surface area contributed by atoms with E-state index in [9.17, 15) is 14.4 Å². The molecular formula is C28H38FN5O3S. The zero-order chi connectivity index (χ0) is 27.1. The Balaban J connectivity index is 1.65. The van der Waals surface area contributed by atoms with Crippen molar-refractivity contribution in [3.8, 4) is 0 Å². The van der Waals surface area contributed by atoms with E-state index in [0.29, 0.717) is 12.8 Å². The Kier molecular flexibility index (Phi) is 9.71. The number of aromatic nitrogens is 1. The largest absolute Gasteiger partial charge is 0.395 e. The van der Waals surface area contributed by atoms with Crippen LogP contribution in [0.15, 0.2) is 24.3 Å². The summed E-state index contributed by atoms with van der Waals surface area (Å²) in [7, 11) is 0. The number of amides is 3. The number of halogens is 1. The fourth-order valence-electron chi connectivity index (χ4n) is 5.43. The number of anilines is 2. The molecule has 2 aliphatic carbocycles. The molecule has 0 aliphatic heterocycles. The van der Waals surface area contributed by atoms with E-state index in [0.717, 1.165) is 75.7 Å². The van der Waals surface area contributed by atoms with Crippen LogP contribution in [0.5, 0.6) is 0 Å². The lowest BCUT2D eigenvalue weighted by atomic mass is 9.95. The van der Waals surface area contributed by atoms with Gasteiger partial charge in [0.1, 0.15) is 16.7 Å². The van der Waals surface area contributed by atoms with Crippen LogP contribution in [-0.2, 0) is 4.79 Å². The van der Waals surface area contributed by atoms with E-state index in [-0.39, 0.29) is 39.9 Å². The van der Waals surface area contributed by atoms with Crippen molar-refractivity contribution in [1.82, 2.24) is 15.0 Å². The van der Waals surface area contributed by atoms with Crippen LogP contribution < -0.4 is 21.3 Å². The first-order valence-corrected chi connectivity index (χ1v) is 14.6. The molecule has 206 valence electrons. The molecule has 3 amide bonds. The van der Waals surface area contributed by atoms with E-state index in [1.165, 1.54) is 23.1 Å². The highest BCUT2D eigenvalue weighted by atomic mass is 32.1. The SMILES string of the molecule is CCCCC(C(=O)NC1CCCC1)N(C(=O)c1snc(C(=O)NC2CCCCC2)c1N)c1ccccc1F. The molecule has 0 saturated heterocycles. The molecule has 4 rings (SSSR count). The molecule has 0 radical (unpaired) electrons. The average Bonchev–Trinajstić information content (AvgIpc) is 3.57. The van der Waals surface area contributed by atoms with Gasteiger partial charge in [0, 0.05) is 12.1 Å². The molecule has 2 aliphatic rings. The summed E-state index contributed by atoms with van der Waals surface area (Å²) >= 11 is 0.808. The van der Waals surface area contributed by atoms with Gasteiger partial charge in [-0.2, -0.15) is 4.37 Å². The minimum absolute atomic E-state index is 0.00109. The van der Waals surface area contributed by atoms with Crippen molar-refractivity contribution < 1.29 is 18.8 Å². The number of carbonyl (C=O) groups is 3. The summed E-state index contributed by atoms with van der Waals surface area (Å²) in [5.41, 5.74) is 6.28. The van der Waals surface area contributed by atoms with E-state index >= 15 is 4.39 Å². The summed E-state index contributed by atoms with van der Waals surface area (Å²) in [5.74, 6) is -1.97. The summed E-state index contributed by atoms with van der Waals surface area (Å²) in [5, 5.41) is 6.07. The van der Waals surface area contributed by atoms with Gasteiger partial charge in [-0.25, -0.2) is 4.39 Å². The first-order chi connectivity index (χ1) is 18.4. The number of nitrogen functional groups attached to an aromatic ring is 1. The Morgan fingerprint density at radius 3 is 2.34 bits per heavy atom. The fraction of sp³-hybridized carbons (Fsp3) is 0.571. The van der Waals surface area contributed by atoms with Gasteiger partial charge in [0.25, 0.3) is 11.8 Å². The second-order valence-corrected chi connectivity index (χ2v) is 11.1. The number of nitrogens with zero attached hydrogens (tertiary/aromatic N) is 2. The zero-order valence-corrected chi connectivity index (χ0v) is 22.8. The first-order valence-electron chi connectivity index (χ1n) is 13.8. The molecule has 1 unspecified atom stereocenters. The molecule has 2 saturated carbocycles. The molecule has 8 nitrogen and oxygen atoms in total. The van der Waals surface area contributed by atoms with E-state index in [4.69, 9.17) is 5.73 Å². The number of hydrogen-bond acceptors (Lipinski definition) is 6. The molecule has 0 bridgehead atoms. The Bertz CT molecular complexity index is 1130. The minimum atomic E-state index is -0.930. The van der Waals surface area contributed by atoms with Crippen molar-refractivity contribution in [2.24, 2.45) is 0 Å². The van der Waals surface area contributed by atoms with Crippen molar-refractivity contribution in [2.75, 3.05) is 10.6 Å². The number of benzene rings is 1. The van der Waals surface area contributed by atoms with Crippen LogP contribution in [0.25, 0.3) is 0 Å². The first kappa shape index (κ1) is 28.0. The number of nitrogens with two attached hydrogens (primary N) is 1. The second kappa shape index (κ2) is 13.2. The van der Waals surface area contributed by atoms with E-state index in [2.05, 4.69) is 15.0 Å². The highest BCUT2D eigenvalue weighted by Crippen LogP contribution is 2.31. The Labute approximate surface area is 227 Å². The lowest BCUT2D eigenvalue weighted by Gasteiger charge is -2.32. The predicted molar refractivity (Wildman–Crippen MR) is 148 cm³/mol. The molecule has 1 aromatic carbocycles. The monoisotopic (exact) mass is 543 g/mol. The van der Waals surface area contributed by atoms with E-state index in [1.54, 1.807) is 6.07 Å². The highest BCUT2D eigenvalue weighted by Gasteiger charge is 2.37. The van der Waals surface area contributed by atoms with Gasteiger partial charge in [-0.3, -0.25) is 19.3 Å². The maximum Gasteiger partial charge on any atom is 0.273 e. The highest BCUT2D eigenvalue weighted by molar-refractivity contribution is 7.09. The zero-order valence-electron chi connectivity index (χ0n) is 22.0. The lowest BCUT2D eigenvalue weighted by molar-refractivity contribution is -0.123. The summed E-state index contributed by atoms with van der Waals surface area (Å²) < 4.78 is 19.3. The van der Waals surface area contributed by atoms with Gasteiger partial charge < -0.3 is 16.4 Å². The van der Waals surface area contributed by atoms with Crippen molar-refractivity contribution >= 4 is 40.6 Å². The van der Waals surface area contributed by atoms with Crippen LogP contribution in [0.4, 0.5) is 15.8 Å². The van der Waals surface area contributed by atoms with E-state index in [1.807, 2.05) is 6.92 Å². The quantitative estimate of drug-likeness (QED) is 0.381. The standard InChI is InChI=1S/C28H38FN5O3S/c1-2-3-16-22(26(35)31-18-13-7-8-14-18)34(21-17-10-9-15-20(21)29)28(37)25-23(30)24(33-38-25)27(36)32-19-11-5-4-6-12-19/h9-10,15,17-19,22H,2-8,11-14,16,30H2,1H3,(H,31,35)(H,32,36). The van der Waals surface area contributed by atoms with Crippen molar-refractivity contribution in [3.05, 3.63) is 40.7 Å². The molecular weight excluding hydrogens is 505 g/mol. The summed E-state index contributed by atoms with van der Waals surface area (Å²) in [6, 6.07) is 5.10. The molecule has 1 atom stereocenters. The number of para-hydroxylation sites is 1. The van der Waals surface area contributed by atoms with Gasteiger partial charge in [0.05, 0.1) is 11.4 Å². The van der Waals surface area contributed by atoms with Crippen LogP contribution in [0.2, 0.25) is 0 Å². The van der Waals surface area contributed by atoms with E-state index < -0.39 is 23.7 Å². The van der Waals surface area contributed by atoms with Gasteiger partial charge in [0.2, 0.25) is 5.91 Å². The number of rotatable bonds is 10. The topological polar surface area (TPSA) is 117 Å². The van der Waals surface area contributed by atoms with Gasteiger partial charge >= 0.3 is 0 Å². The third kappa shape index (κ3) is 6.51. The third-order valence-electron chi connectivity index (χ3n) is 7.56. The lowest BCUT2D eigenvalue weighted by Crippen LogP contribution is -2.52. The number of carbonyl (C=O) groups excluding carboxylic acids is 3. The third-order valence-corrected chi connectivity index (χ3v) is 8.41. The van der Waals surface area contributed by atoms with Crippen LogP contribution in [0.3, 0.4) is 0 Å². The maximum atomic E-state index is 15.1. The van der Waals surface area contributed by atoms with Crippen molar-refractivity contribution in [1.29, 1.82) is 0 Å². The molecule has 4 N–H and O–H groups in total. The fourth-order valence-corrected chi connectivity index (χ4v) is 6.17. The van der Waals surface area contributed by atoms with Crippen LogP contribution in [-0.4, -0.2) is 40.2 Å². The smallest absolute Gasteiger partial charge is 0.273 e. The molecule has 1 aromatic heterocycles. The molecule has 2 fully saturated rings. The van der Waals surface area contributed by atoms with Crippen LogP contribution in [0, 0.1) is 5.82 Å². The van der Waals surface area contributed by atoms with Crippen molar-refractivity contribution in [2.45, 2.75) is 102 Å². The summed E-state index contributed by atoms with van der Waals surface area (Å²) in [6.45, 7) is 2.00. The van der Waals surface area contributed by atoms with Gasteiger partial charge in [-0.15, -0.1) is 0 Å². The Morgan fingerprint density at radius 2 is 1.68 bits per heavy atom. The number of nitrogens with one attached hydrogen (secondary N) is 2. The molecule has 0 spiro atoms. The normalized spacial score (nSPS) is 17.2. The Morgan fingerprint density at radius 1 is 1.05 bits per heavy atom. The molecule has 1 heterocycles. The maximum absolute atomic E-state index is 15.1.